The number of amidine groups is 1. The van der Waals surface area contributed by atoms with Gasteiger partial charge in [0.25, 0.3) is 15.9 Å². The number of aryl methyl sites for hydroxylation is 1. The second-order valence-electron chi connectivity index (χ2n) is 5.47. The Morgan fingerprint density at radius 3 is 2.69 bits per heavy atom. The smallest absolute Gasteiger partial charge is 0.273 e. The van der Waals surface area contributed by atoms with Crippen molar-refractivity contribution in [3.8, 4) is 0 Å². The molecule has 10 heteroatoms. The molecule has 1 aromatic carbocycles. The van der Waals surface area contributed by atoms with Crippen LogP contribution in [0.15, 0.2) is 50.9 Å². The van der Waals surface area contributed by atoms with Crippen LogP contribution in [0.1, 0.15) is 28.1 Å². The predicted octanol–water partition coefficient (Wildman–Crippen LogP) is 0.478. The van der Waals surface area contributed by atoms with Crippen molar-refractivity contribution in [1.82, 2.24) is 15.6 Å². The van der Waals surface area contributed by atoms with Crippen molar-refractivity contribution in [3.63, 3.8) is 0 Å². The van der Waals surface area contributed by atoms with E-state index in [-0.39, 0.29) is 23.7 Å². The van der Waals surface area contributed by atoms with E-state index in [0.29, 0.717) is 16.9 Å². The molecule has 0 atom stereocenters. The summed E-state index contributed by atoms with van der Waals surface area (Å²) in [6, 6.07) is 7.95. The summed E-state index contributed by atoms with van der Waals surface area (Å²) in [4.78, 5) is 27.9. The number of nitrogens with one attached hydrogen (secondary N) is 3. The number of hydrazine groups is 1. The van der Waals surface area contributed by atoms with Crippen LogP contribution in [0.25, 0.3) is 0 Å². The number of furan rings is 1. The zero-order valence-electron chi connectivity index (χ0n) is 13.8. The minimum atomic E-state index is -3.60. The number of sulfonamides is 1. The molecule has 2 aromatic rings. The first kappa shape index (κ1) is 17.7. The maximum atomic E-state index is 12.0. The SMILES string of the molecule is Cc1occc1C(=O)NNC(=O)CCN=C1NS(=O)(=O)c2ccccc21. The Bertz CT molecular complexity index is 994. The van der Waals surface area contributed by atoms with Crippen molar-refractivity contribution < 1.29 is 22.4 Å². The van der Waals surface area contributed by atoms with Crippen LogP contribution in [-0.4, -0.2) is 32.6 Å². The highest BCUT2D eigenvalue weighted by Crippen LogP contribution is 2.22. The third-order valence-corrected chi connectivity index (χ3v) is 5.09. The molecular formula is C16H16N4O5S. The van der Waals surface area contributed by atoms with Gasteiger partial charge in [0.15, 0.2) is 0 Å². The molecule has 0 radical (unpaired) electrons. The molecule has 0 fully saturated rings. The fraction of sp³-hybridized carbons (Fsp3) is 0.188. The van der Waals surface area contributed by atoms with Gasteiger partial charge in [0.1, 0.15) is 11.6 Å². The average Bonchev–Trinajstić information content (AvgIpc) is 3.14. The summed E-state index contributed by atoms with van der Waals surface area (Å²) in [6.45, 7) is 1.69. The summed E-state index contributed by atoms with van der Waals surface area (Å²) in [5, 5.41) is 0. The number of rotatable bonds is 4. The van der Waals surface area contributed by atoms with Crippen molar-refractivity contribution in [2.45, 2.75) is 18.2 Å². The molecule has 1 aliphatic rings. The first-order valence-electron chi connectivity index (χ1n) is 7.68. The van der Waals surface area contributed by atoms with E-state index in [9.17, 15) is 18.0 Å². The first-order valence-corrected chi connectivity index (χ1v) is 9.17. The number of hydrogen-bond donors (Lipinski definition) is 3. The molecule has 0 saturated heterocycles. The summed E-state index contributed by atoms with van der Waals surface area (Å²) >= 11 is 0. The maximum absolute atomic E-state index is 12.0. The van der Waals surface area contributed by atoms with Crippen molar-refractivity contribution in [2.24, 2.45) is 4.99 Å². The van der Waals surface area contributed by atoms with Crippen LogP contribution in [0.2, 0.25) is 0 Å². The molecule has 2 heterocycles. The molecule has 136 valence electrons. The lowest BCUT2D eigenvalue weighted by atomic mass is 10.2. The van der Waals surface area contributed by atoms with Crippen LogP contribution in [-0.2, 0) is 14.8 Å². The minimum absolute atomic E-state index is 0.0297. The van der Waals surface area contributed by atoms with Gasteiger partial charge in [-0.25, -0.2) is 8.42 Å². The number of carbonyl (C=O) groups is 2. The van der Waals surface area contributed by atoms with E-state index in [1.54, 1.807) is 25.1 Å². The number of fused-ring (bicyclic) bond motifs is 1. The molecule has 1 aromatic heterocycles. The Kier molecular flexibility index (Phi) is 4.76. The maximum Gasteiger partial charge on any atom is 0.273 e. The Morgan fingerprint density at radius 2 is 1.96 bits per heavy atom. The van der Waals surface area contributed by atoms with Gasteiger partial charge in [0.05, 0.1) is 23.3 Å². The lowest BCUT2D eigenvalue weighted by Crippen LogP contribution is -2.41. The number of amides is 2. The highest BCUT2D eigenvalue weighted by Gasteiger charge is 2.29. The quantitative estimate of drug-likeness (QED) is 0.668. The van der Waals surface area contributed by atoms with Crippen LogP contribution in [0.3, 0.4) is 0 Å². The minimum Gasteiger partial charge on any atom is -0.469 e. The van der Waals surface area contributed by atoms with Gasteiger partial charge in [-0.2, -0.15) is 0 Å². The highest BCUT2D eigenvalue weighted by molar-refractivity contribution is 7.90. The fourth-order valence-corrected chi connectivity index (χ4v) is 3.65. The second kappa shape index (κ2) is 7.00. The number of nitrogens with zero attached hydrogens (tertiary/aromatic N) is 1. The number of hydrogen-bond acceptors (Lipinski definition) is 6. The van der Waals surface area contributed by atoms with Gasteiger partial charge >= 0.3 is 0 Å². The molecule has 1 aliphatic heterocycles. The second-order valence-corrected chi connectivity index (χ2v) is 7.13. The van der Waals surface area contributed by atoms with E-state index in [1.807, 2.05) is 0 Å². The number of aliphatic imine (C=N–C) groups is 1. The van der Waals surface area contributed by atoms with Gasteiger partial charge in [-0.05, 0) is 25.1 Å². The van der Waals surface area contributed by atoms with Gasteiger partial charge in [0, 0.05) is 12.0 Å². The van der Waals surface area contributed by atoms with Gasteiger partial charge in [-0.15, -0.1) is 0 Å². The molecule has 9 nitrogen and oxygen atoms in total. The molecule has 0 spiro atoms. The summed E-state index contributed by atoms with van der Waals surface area (Å²) < 4.78 is 31.3. The summed E-state index contributed by atoms with van der Waals surface area (Å²) in [6.07, 6.45) is 1.35. The van der Waals surface area contributed by atoms with E-state index in [1.165, 1.54) is 18.4 Å². The molecule has 3 N–H and O–H groups in total. The van der Waals surface area contributed by atoms with Crippen molar-refractivity contribution in [2.75, 3.05) is 6.54 Å². The summed E-state index contributed by atoms with van der Waals surface area (Å²) in [5.41, 5.74) is 5.34. The summed E-state index contributed by atoms with van der Waals surface area (Å²) in [5.74, 6) is -0.312. The standard InChI is InChI=1S/C16H16N4O5S/c1-10-11(7-9-25-10)16(22)19-18-14(21)6-8-17-15-12-4-2-3-5-13(12)26(23,24)20-15/h2-5,7,9H,6,8H2,1H3,(H,17,20)(H,18,21)(H,19,22). The van der Waals surface area contributed by atoms with E-state index in [0.717, 1.165) is 0 Å². The monoisotopic (exact) mass is 376 g/mol. The number of benzene rings is 1. The first-order chi connectivity index (χ1) is 12.4. The molecule has 0 aliphatic carbocycles. The van der Waals surface area contributed by atoms with Crippen LogP contribution >= 0.6 is 0 Å². The lowest BCUT2D eigenvalue weighted by Gasteiger charge is -2.06. The topological polar surface area (TPSA) is 130 Å². The fourth-order valence-electron chi connectivity index (χ4n) is 2.40. The van der Waals surface area contributed by atoms with Gasteiger partial charge in [0.2, 0.25) is 5.91 Å². The van der Waals surface area contributed by atoms with Crippen molar-refractivity contribution in [1.29, 1.82) is 0 Å². The average molecular weight is 376 g/mol. The molecule has 0 saturated carbocycles. The van der Waals surface area contributed by atoms with Crippen LogP contribution in [0, 0.1) is 6.92 Å². The molecule has 0 bridgehead atoms. The highest BCUT2D eigenvalue weighted by atomic mass is 32.2. The Morgan fingerprint density at radius 1 is 1.19 bits per heavy atom. The Hall–Kier alpha value is -3.14. The van der Waals surface area contributed by atoms with Crippen molar-refractivity contribution >= 4 is 27.7 Å². The van der Waals surface area contributed by atoms with Gasteiger partial charge in [-0.1, -0.05) is 12.1 Å². The van der Waals surface area contributed by atoms with Gasteiger partial charge < -0.3 is 4.42 Å². The molecular weight excluding hydrogens is 360 g/mol. The van der Waals surface area contributed by atoms with Crippen LogP contribution in [0.5, 0.6) is 0 Å². The Labute approximate surface area is 149 Å². The lowest BCUT2D eigenvalue weighted by molar-refractivity contribution is -0.121. The molecule has 3 rings (SSSR count). The van der Waals surface area contributed by atoms with E-state index < -0.39 is 21.8 Å². The van der Waals surface area contributed by atoms with Crippen molar-refractivity contribution in [3.05, 3.63) is 53.5 Å². The molecule has 0 unspecified atom stereocenters. The predicted molar refractivity (Wildman–Crippen MR) is 91.8 cm³/mol. The largest absolute Gasteiger partial charge is 0.469 e. The third kappa shape index (κ3) is 3.59. The zero-order valence-corrected chi connectivity index (χ0v) is 14.6. The Balaban J connectivity index is 1.54. The molecule has 26 heavy (non-hydrogen) atoms. The summed E-state index contributed by atoms with van der Waals surface area (Å²) in [7, 11) is -3.60. The van der Waals surface area contributed by atoms with E-state index in [4.69, 9.17) is 4.42 Å². The third-order valence-electron chi connectivity index (χ3n) is 3.69. The molecule has 2 amide bonds. The van der Waals surface area contributed by atoms with Crippen LogP contribution < -0.4 is 15.6 Å². The van der Waals surface area contributed by atoms with E-state index in [2.05, 4.69) is 20.6 Å². The van der Waals surface area contributed by atoms with Crippen LogP contribution in [0.4, 0.5) is 0 Å². The van der Waals surface area contributed by atoms with E-state index >= 15 is 0 Å². The van der Waals surface area contributed by atoms with Gasteiger partial charge in [-0.3, -0.25) is 30.2 Å². The zero-order chi connectivity index (χ0) is 18.7. The number of carbonyl (C=O) groups excluding carboxylic acids is 2. The normalized spacial score (nSPS) is 16.0.